The maximum atomic E-state index is 12.9. The number of carbonyl (C=O) groups excluding carboxylic acids is 3. The molecule has 1 aliphatic heterocycles. The van der Waals surface area contributed by atoms with E-state index >= 15 is 0 Å². The van der Waals surface area contributed by atoms with E-state index in [-0.39, 0.29) is 66.0 Å². The van der Waals surface area contributed by atoms with Crippen LogP contribution in [0.5, 0.6) is 0 Å². The monoisotopic (exact) mass is 599 g/mol. The van der Waals surface area contributed by atoms with Gasteiger partial charge in [-0.15, -0.1) is 0 Å². The van der Waals surface area contributed by atoms with Gasteiger partial charge in [0, 0.05) is 37.4 Å². The molecule has 0 atom stereocenters. The largest absolute Gasteiger partial charge is 1.00 e. The van der Waals surface area contributed by atoms with Gasteiger partial charge in [-0.05, 0) is 40.8 Å². The summed E-state index contributed by atoms with van der Waals surface area (Å²) in [5.74, 6) is -2.13. The van der Waals surface area contributed by atoms with Crippen LogP contribution in [0.4, 0.5) is 5.69 Å². The number of carboxylic acids is 1. The summed E-state index contributed by atoms with van der Waals surface area (Å²) in [7, 11) is 0. The molecule has 0 radical (unpaired) electrons. The van der Waals surface area contributed by atoms with E-state index in [1.165, 1.54) is 17.2 Å². The normalized spacial score (nSPS) is 13.2. The number of carboxylic acid groups (broad SMARTS) is 1. The molecule has 4 aromatic rings. The summed E-state index contributed by atoms with van der Waals surface area (Å²) < 4.78 is 5.42. The first-order chi connectivity index (χ1) is 21.0. The molecule has 9 heteroatoms. The van der Waals surface area contributed by atoms with Crippen molar-refractivity contribution >= 4 is 23.5 Å². The summed E-state index contributed by atoms with van der Waals surface area (Å²) in [4.78, 5) is 41.3. The summed E-state index contributed by atoms with van der Waals surface area (Å²) in [6, 6.07) is 35.3. The number of nitrogens with zero attached hydrogens (tertiary/aromatic N) is 2. The Bertz CT molecular complexity index is 1490. The minimum atomic E-state index is -1.39. The van der Waals surface area contributed by atoms with Crippen LogP contribution in [0.1, 0.15) is 38.7 Å². The van der Waals surface area contributed by atoms with Crippen LogP contribution >= 0.6 is 0 Å². The van der Waals surface area contributed by atoms with Gasteiger partial charge in [0.15, 0.2) is 0 Å². The predicted octanol–water partition coefficient (Wildman–Crippen LogP) is 0.534. The van der Waals surface area contributed by atoms with Gasteiger partial charge in [-0.1, -0.05) is 97.1 Å². The fraction of sp³-hybridized carbons (Fsp3) is 0.229. The smallest absolute Gasteiger partial charge is 0.545 e. The van der Waals surface area contributed by atoms with Crippen molar-refractivity contribution in [2.24, 2.45) is 0 Å². The van der Waals surface area contributed by atoms with E-state index < -0.39 is 11.9 Å². The fourth-order valence-corrected chi connectivity index (χ4v) is 5.43. The molecule has 4 aromatic carbocycles. The van der Waals surface area contributed by atoms with E-state index in [0.29, 0.717) is 32.6 Å². The number of aromatic carboxylic acids is 1. The molecule has 220 valence electrons. The average Bonchev–Trinajstić information content (AvgIpc) is 3.03. The van der Waals surface area contributed by atoms with E-state index in [9.17, 15) is 19.5 Å². The Labute approximate surface area is 279 Å². The molecule has 1 fully saturated rings. The Hall–Kier alpha value is -3.79. The number of carbonyl (C=O) groups is 3. The number of nitrogens with one attached hydrogen (secondary N) is 1. The molecule has 0 bridgehead atoms. The second kappa shape index (κ2) is 16.3. The first-order valence-corrected chi connectivity index (χ1v) is 14.4. The minimum Gasteiger partial charge on any atom is -0.545 e. The molecule has 1 saturated heterocycles. The van der Waals surface area contributed by atoms with E-state index in [0.717, 1.165) is 11.1 Å². The van der Waals surface area contributed by atoms with Crippen molar-refractivity contribution in [2.75, 3.05) is 44.7 Å². The standard InChI is InChI=1S/C35H35N3O5.Na/c39-32(36-31-17-16-27(23-30(31)35(41)42)22-26-10-4-1-5-11-26)24-43-25-33(40)37-18-20-38(21-19-37)34(28-12-6-2-7-13-28)29-14-8-3-9-15-29;/h1-17,23,34H,18-22,24-25H2,(H,36,39)(H,41,42);/q;+1/p-1. The number of rotatable bonds is 11. The van der Waals surface area contributed by atoms with Crippen LogP contribution in [0.3, 0.4) is 0 Å². The predicted molar refractivity (Wildman–Crippen MR) is 162 cm³/mol. The quantitative estimate of drug-likeness (QED) is 0.253. The fourth-order valence-electron chi connectivity index (χ4n) is 5.43. The summed E-state index contributed by atoms with van der Waals surface area (Å²) in [5, 5.41) is 14.3. The van der Waals surface area contributed by atoms with Crippen LogP contribution in [-0.4, -0.2) is 67.0 Å². The SMILES string of the molecule is O=C(COCC(=O)N1CCN(C(c2ccccc2)c2ccccc2)CC1)Nc1ccc(Cc2ccccc2)cc1C(=O)[O-].[Na+]. The van der Waals surface area contributed by atoms with Crippen molar-refractivity contribution in [1.29, 1.82) is 0 Å². The van der Waals surface area contributed by atoms with Crippen molar-refractivity contribution in [3.63, 3.8) is 0 Å². The van der Waals surface area contributed by atoms with Crippen LogP contribution in [-0.2, 0) is 20.7 Å². The Kier molecular flexibility index (Phi) is 12.3. The van der Waals surface area contributed by atoms with Crippen LogP contribution in [0, 0.1) is 0 Å². The molecule has 1 N–H and O–H groups in total. The molecule has 44 heavy (non-hydrogen) atoms. The van der Waals surface area contributed by atoms with Crippen LogP contribution in [0.15, 0.2) is 109 Å². The van der Waals surface area contributed by atoms with Gasteiger partial charge < -0.3 is 24.9 Å². The minimum absolute atomic E-state index is 0. The zero-order valence-electron chi connectivity index (χ0n) is 24.9. The van der Waals surface area contributed by atoms with Crippen molar-refractivity contribution in [2.45, 2.75) is 12.5 Å². The van der Waals surface area contributed by atoms with Crippen molar-refractivity contribution in [3.8, 4) is 0 Å². The number of piperazine rings is 1. The Morgan fingerprint density at radius 2 is 1.30 bits per heavy atom. The van der Waals surface area contributed by atoms with Crippen LogP contribution < -0.4 is 40.0 Å². The first kappa shape index (κ1) is 33.1. The number of benzene rings is 4. The third-order valence-electron chi connectivity index (χ3n) is 7.55. The van der Waals surface area contributed by atoms with Crippen molar-refractivity contribution in [3.05, 3.63) is 137 Å². The third kappa shape index (κ3) is 8.87. The van der Waals surface area contributed by atoms with E-state index in [2.05, 4.69) is 34.5 Å². The maximum absolute atomic E-state index is 12.9. The Morgan fingerprint density at radius 3 is 1.86 bits per heavy atom. The average molecular weight is 600 g/mol. The van der Waals surface area contributed by atoms with Gasteiger partial charge in [0.1, 0.15) is 13.2 Å². The van der Waals surface area contributed by atoms with Crippen molar-refractivity contribution in [1.82, 2.24) is 9.80 Å². The van der Waals surface area contributed by atoms with Crippen LogP contribution in [0.2, 0.25) is 0 Å². The number of hydrogen-bond donors (Lipinski definition) is 1. The Morgan fingerprint density at radius 1 is 0.727 bits per heavy atom. The van der Waals surface area contributed by atoms with Gasteiger partial charge in [0.25, 0.3) is 0 Å². The summed E-state index contributed by atoms with van der Waals surface area (Å²) in [6.45, 7) is 1.88. The number of ether oxygens (including phenoxy) is 1. The summed E-state index contributed by atoms with van der Waals surface area (Å²) >= 11 is 0. The van der Waals surface area contributed by atoms with Gasteiger partial charge >= 0.3 is 29.6 Å². The number of amides is 2. The zero-order valence-corrected chi connectivity index (χ0v) is 26.9. The van der Waals surface area contributed by atoms with Gasteiger partial charge in [-0.25, -0.2) is 0 Å². The summed E-state index contributed by atoms with van der Waals surface area (Å²) in [5.41, 5.74) is 4.24. The maximum Gasteiger partial charge on any atom is 1.00 e. The van der Waals surface area contributed by atoms with Crippen molar-refractivity contribution < 1.29 is 53.8 Å². The van der Waals surface area contributed by atoms with E-state index in [4.69, 9.17) is 4.74 Å². The second-order valence-electron chi connectivity index (χ2n) is 10.5. The molecule has 2 amide bonds. The Balaban J connectivity index is 0.00000442. The molecular weight excluding hydrogens is 565 g/mol. The molecule has 8 nitrogen and oxygen atoms in total. The van der Waals surface area contributed by atoms with Crippen LogP contribution in [0.25, 0.3) is 0 Å². The summed E-state index contributed by atoms with van der Waals surface area (Å²) in [6.07, 6.45) is 0.550. The van der Waals surface area contributed by atoms with Gasteiger partial charge in [-0.3, -0.25) is 14.5 Å². The molecule has 0 aromatic heterocycles. The zero-order chi connectivity index (χ0) is 30.0. The molecule has 5 rings (SSSR count). The number of hydrogen-bond acceptors (Lipinski definition) is 6. The molecule has 0 saturated carbocycles. The van der Waals surface area contributed by atoms with Gasteiger partial charge in [-0.2, -0.15) is 0 Å². The molecule has 0 unspecified atom stereocenters. The van der Waals surface area contributed by atoms with Gasteiger partial charge in [0.05, 0.1) is 12.0 Å². The van der Waals surface area contributed by atoms with Gasteiger partial charge in [0.2, 0.25) is 11.8 Å². The molecule has 0 spiro atoms. The first-order valence-electron chi connectivity index (χ1n) is 14.4. The number of anilines is 1. The molecule has 1 aliphatic rings. The van der Waals surface area contributed by atoms with E-state index in [1.54, 1.807) is 17.0 Å². The van der Waals surface area contributed by atoms with E-state index in [1.807, 2.05) is 66.7 Å². The molecular formula is C35H34N3NaO5. The molecule has 0 aliphatic carbocycles. The third-order valence-corrected chi connectivity index (χ3v) is 7.55. The molecule has 1 heterocycles. The topological polar surface area (TPSA) is 102 Å². The second-order valence-corrected chi connectivity index (χ2v) is 10.5.